The van der Waals surface area contributed by atoms with Gasteiger partial charge in [-0.2, -0.15) is 0 Å². The fourth-order valence-corrected chi connectivity index (χ4v) is 1.73. The number of ether oxygens (including phenoxy) is 1. The van der Waals surface area contributed by atoms with E-state index in [9.17, 15) is 0 Å². The Hall–Kier alpha value is -0.860. The van der Waals surface area contributed by atoms with Crippen molar-refractivity contribution >= 4 is 0 Å². The first kappa shape index (κ1) is 9.69. The van der Waals surface area contributed by atoms with E-state index in [0.717, 1.165) is 13.0 Å². The standard InChI is InChI=1S/C12H17NO/c1-9-3-5-11(6-4-9)7-12-13-8-10(2)14-12/h3-6,10,12-13H,7-8H2,1-2H3. The molecule has 2 unspecified atom stereocenters. The second-order valence-corrected chi connectivity index (χ2v) is 4.03. The molecule has 0 radical (unpaired) electrons. The molecule has 1 fully saturated rings. The van der Waals surface area contributed by atoms with Crippen molar-refractivity contribution in [3.8, 4) is 0 Å². The fraction of sp³-hybridized carbons (Fsp3) is 0.500. The summed E-state index contributed by atoms with van der Waals surface area (Å²) in [5, 5.41) is 3.35. The highest BCUT2D eigenvalue weighted by molar-refractivity contribution is 5.21. The molecular formula is C12H17NO. The van der Waals surface area contributed by atoms with Gasteiger partial charge in [0.15, 0.2) is 0 Å². The number of benzene rings is 1. The third kappa shape index (κ3) is 2.34. The Kier molecular flexibility index (Phi) is 2.85. The Balaban J connectivity index is 1.94. The molecule has 1 aromatic rings. The van der Waals surface area contributed by atoms with Gasteiger partial charge in [0.1, 0.15) is 6.23 Å². The van der Waals surface area contributed by atoms with Crippen molar-refractivity contribution in [1.29, 1.82) is 0 Å². The fourth-order valence-electron chi connectivity index (χ4n) is 1.73. The first-order chi connectivity index (χ1) is 6.74. The van der Waals surface area contributed by atoms with E-state index in [2.05, 4.69) is 43.4 Å². The molecule has 0 aromatic heterocycles. The van der Waals surface area contributed by atoms with Crippen molar-refractivity contribution in [3.63, 3.8) is 0 Å². The van der Waals surface area contributed by atoms with Crippen LogP contribution in [-0.2, 0) is 11.2 Å². The van der Waals surface area contributed by atoms with E-state index in [1.165, 1.54) is 11.1 Å². The van der Waals surface area contributed by atoms with Crippen molar-refractivity contribution < 1.29 is 4.74 Å². The maximum atomic E-state index is 5.68. The van der Waals surface area contributed by atoms with Gasteiger partial charge in [-0.3, -0.25) is 5.32 Å². The zero-order valence-corrected chi connectivity index (χ0v) is 8.79. The Morgan fingerprint density at radius 3 is 2.64 bits per heavy atom. The summed E-state index contributed by atoms with van der Waals surface area (Å²) < 4.78 is 5.68. The summed E-state index contributed by atoms with van der Waals surface area (Å²) in [5.41, 5.74) is 2.64. The van der Waals surface area contributed by atoms with Crippen molar-refractivity contribution in [2.24, 2.45) is 0 Å². The van der Waals surface area contributed by atoms with Crippen molar-refractivity contribution in [3.05, 3.63) is 35.4 Å². The van der Waals surface area contributed by atoms with E-state index in [4.69, 9.17) is 4.74 Å². The molecule has 0 aliphatic carbocycles. The zero-order valence-electron chi connectivity index (χ0n) is 8.79. The Bertz CT molecular complexity index is 294. The maximum Gasteiger partial charge on any atom is 0.112 e. The minimum absolute atomic E-state index is 0.202. The second kappa shape index (κ2) is 4.11. The molecule has 76 valence electrons. The second-order valence-electron chi connectivity index (χ2n) is 4.03. The summed E-state index contributed by atoms with van der Waals surface area (Å²) in [6.07, 6.45) is 1.52. The van der Waals surface area contributed by atoms with Crippen LogP contribution in [0.2, 0.25) is 0 Å². The van der Waals surface area contributed by atoms with Gasteiger partial charge in [0.2, 0.25) is 0 Å². The van der Waals surface area contributed by atoms with Gasteiger partial charge >= 0.3 is 0 Å². The normalized spacial score (nSPS) is 26.7. The van der Waals surface area contributed by atoms with Gasteiger partial charge in [-0.1, -0.05) is 29.8 Å². The van der Waals surface area contributed by atoms with E-state index >= 15 is 0 Å². The maximum absolute atomic E-state index is 5.68. The Morgan fingerprint density at radius 2 is 2.07 bits per heavy atom. The molecule has 2 nitrogen and oxygen atoms in total. The highest BCUT2D eigenvalue weighted by Crippen LogP contribution is 2.11. The zero-order chi connectivity index (χ0) is 9.97. The predicted octanol–water partition coefficient (Wildman–Crippen LogP) is 1.87. The van der Waals surface area contributed by atoms with Crippen molar-refractivity contribution in [1.82, 2.24) is 5.32 Å². The monoisotopic (exact) mass is 191 g/mol. The molecule has 1 heterocycles. The smallest absolute Gasteiger partial charge is 0.112 e. The number of aryl methyl sites for hydroxylation is 1. The molecule has 0 amide bonds. The largest absolute Gasteiger partial charge is 0.359 e. The van der Waals surface area contributed by atoms with Crippen LogP contribution >= 0.6 is 0 Å². The summed E-state index contributed by atoms with van der Waals surface area (Å²) in [6.45, 7) is 5.18. The van der Waals surface area contributed by atoms with Crippen LogP contribution in [0, 0.1) is 6.92 Å². The predicted molar refractivity (Wildman–Crippen MR) is 57.2 cm³/mol. The third-order valence-corrected chi connectivity index (χ3v) is 2.57. The van der Waals surface area contributed by atoms with E-state index in [1.807, 2.05) is 0 Å². The number of hydrogen-bond donors (Lipinski definition) is 1. The molecule has 2 rings (SSSR count). The molecule has 1 aliphatic rings. The highest BCUT2D eigenvalue weighted by atomic mass is 16.5. The molecule has 1 aromatic carbocycles. The van der Waals surface area contributed by atoms with Gasteiger partial charge in [-0.05, 0) is 19.4 Å². The van der Waals surface area contributed by atoms with Crippen LogP contribution in [0.25, 0.3) is 0 Å². The lowest BCUT2D eigenvalue weighted by molar-refractivity contribution is 0.0520. The summed E-state index contributed by atoms with van der Waals surface area (Å²) in [7, 11) is 0. The van der Waals surface area contributed by atoms with Gasteiger partial charge in [0.05, 0.1) is 6.10 Å². The average molecular weight is 191 g/mol. The molecule has 1 saturated heterocycles. The van der Waals surface area contributed by atoms with E-state index in [-0.39, 0.29) is 6.23 Å². The van der Waals surface area contributed by atoms with Crippen LogP contribution < -0.4 is 5.32 Å². The Labute approximate surface area is 85.3 Å². The van der Waals surface area contributed by atoms with Gasteiger partial charge in [0.25, 0.3) is 0 Å². The van der Waals surface area contributed by atoms with Crippen LogP contribution in [-0.4, -0.2) is 18.9 Å². The summed E-state index contributed by atoms with van der Waals surface area (Å²) >= 11 is 0. The van der Waals surface area contributed by atoms with E-state index in [0.29, 0.717) is 6.10 Å². The minimum atomic E-state index is 0.202. The number of hydrogen-bond acceptors (Lipinski definition) is 2. The lowest BCUT2D eigenvalue weighted by Gasteiger charge is -2.10. The average Bonchev–Trinajstić information content (AvgIpc) is 2.56. The first-order valence-corrected chi connectivity index (χ1v) is 5.18. The topological polar surface area (TPSA) is 21.3 Å². The van der Waals surface area contributed by atoms with E-state index in [1.54, 1.807) is 0 Å². The van der Waals surface area contributed by atoms with Crippen LogP contribution in [0.4, 0.5) is 0 Å². The van der Waals surface area contributed by atoms with Crippen LogP contribution in [0.15, 0.2) is 24.3 Å². The van der Waals surface area contributed by atoms with Crippen molar-refractivity contribution in [2.75, 3.05) is 6.54 Å². The number of rotatable bonds is 2. The molecule has 0 spiro atoms. The van der Waals surface area contributed by atoms with Crippen LogP contribution in [0.3, 0.4) is 0 Å². The summed E-state index contributed by atoms with van der Waals surface area (Å²) in [5.74, 6) is 0. The van der Waals surface area contributed by atoms with Gasteiger partial charge in [-0.15, -0.1) is 0 Å². The quantitative estimate of drug-likeness (QED) is 0.770. The van der Waals surface area contributed by atoms with Gasteiger partial charge in [0, 0.05) is 13.0 Å². The molecular weight excluding hydrogens is 174 g/mol. The molecule has 2 heteroatoms. The Morgan fingerprint density at radius 1 is 1.36 bits per heavy atom. The number of nitrogens with one attached hydrogen (secondary N) is 1. The van der Waals surface area contributed by atoms with Crippen molar-refractivity contribution in [2.45, 2.75) is 32.6 Å². The molecule has 2 atom stereocenters. The summed E-state index contributed by atoms with van der Waals surface area (Å²) in [6, 6.07) is 8.63. The van der Waals surface area contributed by atoms with Gasteiger partial charge < -0.3 is 4.74 Å². The highest BCUT2D eigenvalue weighted by Gasteiger charge is 2.20. The molecule has 0 saturated carbocycles. The van der Waals surface area contributed by atoms with Gasteiger partial charge in [-0.25, -0.2) is 0 Å². The molecule has 1 aliphatic heterocycles. The summed E-state index contributed by atoms with van der Waals surface area (Å²) in [4.78, 5) is 0. The SMILES string of the molecule is Cc1ccc(CC2NCC(C)O2)cc1. The minimum Gasteiger partial charge on any atom is -0.359 e. The van der Waals surface area contributed by atoms with E-state index < -0.39 is 0 Å². The molecule has 0 bridgehead atoms. The third-order valence-electron chi connectivity index (χ3n) is 2.57. The lowest BCUT2D eigenvalue weighted by atomic mass is 10.1. The molecule has 14 heavy (non-hydrogen) atoms. The first-order valence-electron chi connectivity index (χ1n) is 5.18. The molecule has 1 N–H and O–H groups in total. The van der Waals surface area contributed by atoms with Crippen LogP contribution in [0.5, 0.6) is 0 Å². The van der Waals surface area contributed by atoms with Crippen LogP contribution in [0.1, 0.15) is 18.1 Å². The lowest BCUT2D eigenvalue weighted by Crippen LogP contribution is -2.24.